The molecule has 2 aliphatic rings. The molecule has 7 heteroatoms. The van der Waals surface area contributed by atoms with Crippen LogP contribution < -0.4 is 0 Å². The summed E-state index contributed by atoms with van der Waals surface area (Å²) in [5, 5.41) is 21.7. The van der Waals surface area contributed by atoms with Gasteiger partial charge in [-0.1, -0.05) is 46.8 Å². The zero-order valence-electron chi connectivity index (χ0n) is 22.1. The third kappa shape index (κ3) is 6.31. The first-order chi connectivity index (χ1) is 16.2. The van der Waals surface area contributed by atoms with Crippen molar-refractivity contribution in [1.29, 1.82) is 0 Å². The van der Waals surface area contributed by atoms with Crippen molar-refractivity contribution in [2.45, 2.75) is 92.5 Å². The summed E-state index contributed by atoms with van der Waals surface area (Å²) in [4.78, 5) is 30.5. The zero-order chi connectivity index (χ0) is 26.1. The van der Waals surface area contributed by atoms with E-state index in [4.69, 9.17) is 9.15 Å². The van der Waals surface area contributed by atoms with Gasteiger partial charge in [0.15, 0.2) is 5.89 Å². The van der Waals surface area contributed by atoms with Gasteiger partial charge in [-0.2, -0.15) is 0 Å². The third-order valence-electron chi connectivity index (χ3n) is 8.15. The highest BCUT2D eigenvalue weighted by Gasteiger charge is 2.50. The minimum Gasteiger partial charge on any atom is -0.458 e. The highest BCUT2D eigenvalue weighted by molar-refractivity contribution is 5.88. The number of fused-ring (bicyclic) bond motifs is 1. The fraction of sp³-hybridized carbons (Fsp3) is 0.679. The fourth-order valence-corrected chi connectivity index (χ4v) is 5.13. The van der Waals surface area contributed by atoms with Gasteiger partial charge in [0.05, 0.1) is 24.0 Å². The van der Waals surface area contributed by atoms with Gasteiger partial charge in [-0.15, -0.1) is 0 Å². The number of esters is 1. The van der Waals surface area contributed by atoms with Gasteiger partial charge in [0.1, 0.15) is 23.8 Å². The minimum absolute atomic E-state index is 0.0938. The number of ether oxygens (including phenoxy) is 1. The molecule has 1 fully saturated rings. The van der Waals surface area contributed by atoms with Gasteiger partial charge in [-0.25, -0.2) is 4.98 Å². The maximum absolute atomic E-state index is 13.2. The van der Waals surface area contributed by atoms with Gasteiger partial charge in [0.25, 0.3) is 0 Å². The lowest BCUT2D eigenvalue weighted by atomic mass is 9.73. The number of allylic oxidation sites excluding steroid dienone is 1. The number of rotatable bonds is 2. The summed E-state index contributed by atoms with van der Waals surface area (Å²) < 4.78 is 11.2. The molecule has 2 unspecified atom stereocenters. The normalized spacial score (nSPS) is 37.0. The Labute approximate surface area is 208 Å². The van der Waals surface area contributed by atoms with Crippen LogP contribution in [0.1, 0.15) is 78.8 Å². The quantitative estimate of drug-likeness (QED) is 0.461. The molecule has 2 heterocycles. The molecule has 1 aliphatic carbocycles. The highest BCUT2D eigenvalue weighted by Crippen LogP contribution is 2.58. The van der Waals surface area contributed by atoms with Gasteiger partial charge < -0.3 is 19.4 Å². The molecule has 1 aliphatic heterocycles. The van der Waals surface area contributed by atoms with Crippen LogP contribution in [0.25, 0.3) is 6.08 Å². The molecule has 194 valence electrons. The summed E-state index contributed by atoms with van der Waals surface area (Å²) >= 11 is 0. The molecule has 35 heavy (non-hydrogen) atoms. The van der Waals surface area contributed by atoms with E-state index in [1.165, 1.54) is 0 Å². The molecule has 0 radical (unpaired) electrons. The number of aliphatic hydroxyl groups is 2. The summed E-state index contributed by atoms with van der Waals surface area (Å²) in [6, 6.07) is 0. The average molecular weight is 488 g/mol. The lowest BCUT2D eigenvalue weighted by Gasteiger charge is -2.34. The Kier molecular flexibility index (Phi) is 8.12. The molecule has 3 rings (SSSR count). The molecule has 0 bridgehead atoms. The maximum Gasteiger partial charge on any atom is 0.309 e. The van der Waals surface area contributed by atoms with E-state index in [1.54, 1.807) is 34.0 Å². The van der Waals surface area contributed by atoms with Crippen molar-refractivity contribution in [3.8, 4) is 0 Å². The van der Waals surface area contributed by atoms with E-state index in [2.05, 4.69) is 18.0 Å². The molecule has 1 saturated carbocycles. The Balaban J connectivity index is 1.89. The van der Waals surface area contributed by atoms with Gasteiger partial charge in [0, 0.05) is 18.8 Å². The van der Waals surface area contributed by atoms with Crippen LogP contribution in [-0.4, -0.2) is 45.3 Å². The lowest BCUT2D eigenvalue weighted by Crippen LogP contribution is -2.45. The number of hydrogen-bond acceptors (Lipinski definition) is 7. The molecule has 0 spiro atoms. The largest absolute Gasteiger partial charge is 0.458 e. The number of aryl methyl sites for hydroxylation is 1. The Morgan fingerprint density at radius 3 is 2.51 bits per heavy atom. The smallest absolute Gasteiger partial charge is 0.309 e. The van der Waals surface area contributed by atoms with Gasteiger partial charge >= 0.3 is 5.97 Å². The molecule has 0 aromatic carbocycles. The Morgan fingerprint density at radius 1 is 1.20 bits per heavy atom. The number of Topliss-reactive ketones (excluding diaryl/α,β-unsaturated/α-hetero) is 1. The summed E-state index contributed by atoms with van der Waals surface area (Å²) in [7, 11) is 0. The van der Waals surface area contributed by atoms with Crippen LogP contribution in [0.2, 0.25) is 0 Å². The van der Waals surface area contributed by atoms with Crippen molar-refractivity contribution < 1.29 is 29.0 Å². The van der Waals surface area contributed by atoms with Crippen molar-refractivity contribution >= 4 is 17.8 Å². The molecular formula is C28H41NO6. The summed E-state index contributed by atoms with van der Waals surface area (Å²) in [5.74, 6) is -0.781. The highest BCUT2D eigenvalue weighted by atomic mass is 16.5. The van der Waals surface area contributed by atoms with E-state index >= 15 is 0 Å². The van der Waals surface area contributed by atoms with Crippen molar-refractivity contribution in [3.05, 3.63) is 35.6 Å². The van der Waals surface area contributed by atoms with E-state index < -0.39 is 35.6 Å². The molecule has 1 aromatic rings. The topological polar surface area (TPSA) is 110 Å². The first-order valence-electron chi connectivity index (χ1n) is 12.6. The van der Waals surface area contributed by atoms with E-state index in [0.717, 1.165) is 18.4 Å². The van der Waals surface area contributed by atoms with Gasteiger partial charge in [-0.05, 0) is 49.2 Å². The van der Waals surface area contributed by atoms with Crippen LogP contribution in [0.15, 0.2) is 28.4 Å². The average Bonchev–Trinajstić information content (AvgIpc) is 3.22. The van der Waals surface area contributed by atoms with Crippen LogP contribution in [0.3, 0.4) is 0 Å². The van der Waals surface area contributed by atoms with E-state index in [9.17, 15) is 19.8 Å². The molecule has 7 nitrogen and oxygen atoms in total. The van der Waals surface area contributed by atoms with Crippen molar-refractivity contribution in [2.24, 2.45) is 28.6 Å². The van der Waals surface area contributed by atoms with Crippen LogP contribution in [0.4, 0.5) is 0 Å². The van der Waals surface area contributed by atoms with Crippen molar-refractivity contribution in [2.75, 3.05) is 0 Å². The molecule has 0 saturated heterocycles. The van der Waals surface area contributed by atoms with E-state index in [0.29, 0.717) is 23.9 Å². The predicted octanol–water partition coefficient (Wildman–Crippen LogP) is 4.65. The molecular weight excluding hydrogens is 446 g/mol. The molecule has 1 aromatic heterocycles. The number of aromatic nitrogens is 1. The second-order valence-corrected chi connectivity index (χ2v) is 11.5. The molecule has 2 N–H and O–H groups in total. The molecule has 7 atom stereocenters. The Morgan fingerprint density at radius 2 is 1.89 bits per heavy atom. The SMILES string of the molecule is CC(=Cc1coc(C)n1)[C@@H]1CC2CC2(C)CC=C[C@H](C)[C@H](O)[C@@H](C)C(=O)C(C)(C)[C@@H](O)CC(=O)O1. The summed E-state index contributed by atoms with van der Waals surface area (Å²) in [6.45, 7) is 12.7. The Hall–Kier alpha value is -2.25. The molecule has 0 amide bonds. The van der Waals surface area contributed by atoms with Crippen LogP contribution in [-0.2, 0) is 14.3 Å². The summed E-state index contributed by atoms with van der Waals surface area (Å²) in [5.41, 5.74) is 0.398. The number of ketones is 1. The number of carbonyl (C=O) groups is 2. The number of aliphatic hydroxyl groups excluding tert-OH is 2. The first-order valence-corrected chi connectivity index (χ1v) is 12.6. The van der Waals surface area contributed by atoms with Crippen molar-refractivity contribution in [3.63, 3.8) is 0 Å². The number of carbonyl (C=O) groups excluding carboxylic acids is 2. The first kappa shape index (κ1) is 27.3. The monoisotopic (exact) mass is 487 g/mol. The van der Waals surface area contributed by atoms with Crippen molar-refractivity contribution in [1.82, 2.24) is 4.98 Å². The van der Waals surface area contributed by atoms with Crippen LogP contribution in [0.5, 0.6) is 0 Å². The predicted molar refractivity (Wildman–Crippen MR) is 133 cm³/mol. The number of oxazole rings is 1. The number of nitrogens with zero attached hydrogens (tertiary/aromatic N) is 1. The number of cyclic esters (lactones) is 1. The standard InChI is InChI=1S/C28H41NO6/c1-16-9-8-10-28(7)14-20(28)12-22(17(2)11-21-15-34-19(4)29-21)35-24(31)13-23(30)27(5,6)26(33)18(3)25(16)32/h8-9,11,15-16,18,20,22-23,25,30,32H,10,12-14H2,1-7H3/t16-,18+,20?,22-,23-,25-,28?/m0/s1. The van der Waals surface area contributed by atoms with Crippen LogP contribution in [0, 0.1) is 35.5 Å². The van der Waals surface area contributed by atoms with E-state index in [-0.39, 0.29) is 23.5 Å². The maximum atomic E-state index is 13.2. The third-order valence-corrected chi connectivity index (χ3v) is 8.15. The lowest BCUT2D eigenvalue weighted by molar-refractivity contribution is -0.154. The van der Waals surface area contributed by atoms with E-state index in [1.807, 2.05) is 26.0 Å². The second-order valence-electron chi connectivity index (χ2n) is 11.5. The fourth-order valence-electron chi connectivity index (χ4n) is 5.13. The summed E-state index contributed by atoms with van der Waals surface area (Å²) in [6.07, 6.45) is 7.19. The zero-order valence-corrected chi connectivity index (χ0v) is 22.1. The second kappa shape index (κ2) is 10.4. The minimum atomic E-state index is -1.23. The van der Waals surface area contributed by atoms with Gasteiger partial charge in [-0.3, -0.25) is 9.59 Å². The Bertz CT molecular complexity index is 991. The van der Waals surface area contributed by atoms with Crippen LogP contribution >= 0.6 is 0 Å². The van der Waals surface area contributed by atoms with Gasteiger partial charge in [0.2, 0.25) is 0 Å². The number of hydrogen-bond donors (Lipinski definition) is 2.